The highest BCUT2D eigenvalue weighted by Gasteiger charge is 2.28. The second-order valence-corrected chi connectivity index (χ2v) is 12.1. The Labute approximate surface area is 263 Å². The molecule has 0 fully saturated rings. The van der Waals surface area contributed by atoms with Gasteiger partial charge in [0.15, 0.2) is 28.8 Å². The number of ketones is 1. The number of ether oxygens (including phenoxy) is 4. The fourth-order valence-corrected chi connectivity index (χ4v) is 6.14. The van der Waals surface area contributed by atoms with Gasteiger partial charge in [0.05, 0.1) is 49.2 Å². The van der Waals surface area contributed by atoms with Crippen molar-refractivity contribution in [1.82, 2.24) is 4.90 Å². The van der Waals surface area contributed by atoms with Gasteiger partial charge >= 0.3 is 11.9 Å². The van der Waals surface area contributed by atoms with E-state index in [9.17, 15) is 19.2 Å². The summed E-state index contributed by atoms with van der Waals surface area (Å²) in [5.74, 6) is -2.32. The minimum absolute atomic E-state index is 0.0662. The Morgan fingerprint density at radius 2 is 1.45 bits per heavy atom. The van der Waals surface area contributed by atoms with Crippen molar-refractivity contribution in [2.45, 2.75) is 46.2 Å². The lowest BCUT2D eigenvalue weighted by Crippen LogP contribution is -2.28. The Hall–Kier alpha value is -4.03. The van der Waals surface area contributed by atoms with Crippen molar-refractivity contribution in [1.29, 1.82) is 0 Å². The van der Waals surface area contributed by atoms with Crippen LogP contribution in [0.25, 0.3) is 10.1 Å². The molecule has 0 aliphatic carbocycles. The van der Waals surface area contributed by atoms with Crippen LogP contribution in [0.2, 0.25) is 5.02 Å². The first-order chi connectivity index (χ1) is 20.9. The molecule has 1 aromatic heterocycles. The number of benzene rings is 2. The number of amides is 1. The summed E-state index contributed by atoms with van der Waals surface area (Å²) in [6, 6.07) is 7.05. The average molecular weight is 648 g/mol. The van der Waals surface area contributed by atoms with Crippen molar-refractivity contribution in [2.75, 3.05) is 27.4 Å². The van der Waals surface area contributed by atoms with Crippen LogP contribution >= 0.6 is 22.9 Å². The smallest absolute Gasteiger partial charge is 0.306 e. The van der Waals surface area contributed by atoms with Gasteiger partial charge in [-0.15, -0.1) is 11.3 Å². The van der Waals surface area contributed by atoms with Gasteiger partial charge in [-0.05, 0) is 29.3 Å². The van der Waals surface area contributed by atoms with Crippen LogP contribution in [0.5, 0.6) is 23.0 Å². The van der Waals surface area contributed by atoms with Gasteiger partial charge in [-0.2, -0.15) is 0 Å². The zero-order valence-corrected chi connectivity index (χ0v) is 26.4. The quantitative estimate of drug-likeness (QED) is 0.156. The first-order valence-electron chi connectivity index (χ1n) is 13.9. The third-order valence-corrected chi connectivity index (χ3v) is 8.84. The predicted molar refractivity (Wildman–Crippen MR) is 163 cm³/mol. The number of rotatable bonds is 15. The summed E-state index contributed by atoms with van der Waals surface area (Å²) in [5.41, 5.74) is 1.82. The van der Waals surface area contributed by atoms with Gasteiger partial charge in [-0.1, -0.05) is 25.4 Å². The number of hydrogen-bond donors (Lipinski definition) is 2. The Morgan fingerprint density at radius 3 is 2.07 bits per heavy atom. The summed E-state index contributed by atoms with van der Waals surface area (Å²) in [7, 11) is 3.02. The van der Waals surface area contributed by atoms with Gasteiger partial charge in [-0.3, -0.25) is 19.2 Å². The summed E-state index contributed by atoms with van der Waals surface area (Å²) in [6.45, 7) is 4.26. The van der Waals surface area contributed by atoms with E-state index in [2.05, 4.69) is 0 Å². The molecule has 44 heavy (non-hydrogen) atoms. The number of fused-ring (bicyclic) bond motifs is 2. The molecule has 1 aliphatic rings. The first-order valence-corrected chi connectivity index (χ1v) is 15.1. The summed E-state index contributed by atoms with van der Waals surface area (Å²) < 4.78 is 23.7. The number of hydrogen-bond acceptors (Lipinski definition) is 9. The van der Waals surface area contributed by atoms with Crippen molar-refractivity contribution in [3.8, 4) is 23.0 Å². The lowest BCUT2D eigenvalue weighted by atomic mass is 10.0. The number of halogens is 1. The molecule has 0 saturated carbocycles. The molecular formula is C31H34ClNO10S. The van der Waals surface area contributed by atoms with E-state index in [4.69, 9.17) is 40.8 Å². The molecule has 0 radical (unpaired) electrons. The van der Waals surface area contributed by atoms with E-state index in [-0.39, 0.29) is 37.7 Å². The van der Waals surface area contributed by atoms with E-state index in [1.807, 2.05) is 12.1 Å². The summed E-state index contributed by atoms with van der Waals surface area (Å²) >= 11 is 7.89. The van der Waals surface area contributed by atoms with E-state index < -0.39 is 23.8 Å². The summed E-state index contributed by atoms with van der Waals surface area (Å²) in [6.07, 6.45) is 0.303. The molecule has 0 bridgehead atoms. The molecule has 236 valence electrons. The van der Waals surface area contributed by atoms with E-state index in [1.165, 1.54) is 39.4 Å². The first kappa shape index (κ1) is 32.9. The molecule has 0 spiro atoms. The van der Waals surface area contributed by atoms with Gasteiger partial charge in [0.2, 0.25) is 5.91 Å². The van der Waals surface area contributed by atoms with Crippen LogP contribution in [0.3, 0.4) is 0 Å². The number of Topliss-reactive ketones (excluding diaryl/α,β-unsaturated/α-hetero) is 1. The topological polar surface area (TPSA) is 149 Å². The number of aliphatic carboxylic acids is 2. The molecule has 2 N–H and O–H groups in total. The van der Waals surface area contributed by atoms with Crippen LogP contribution in [-0.2, 0) is 27.5 Å². The fraction of sp³-hybridized carbons (Fsp3) is 0.419. The SMILES string of the molecule is COc1cc2c(cc1OCCCOc1c(OC)cc3sc(C(=O)C[C@H](C)C(=O)O)cc3c1Cl)CN(C(=O)C[C@H](C)C(=O)O)C2. The third-order valence-electron chi connectivity index (χ3n) is 7.35. The maximum Gasteiger partial charge on any atom is 0.306 e. The number of carboxylic acids is 2. The lowest BCUT2D eigenvalue weighted by molar-refractivity contribution is -0.145. The van der Waals surface area contributed by atoms with Gasteiger partial charge < -0.3 is 34.1 Å². The summed E-state index contributed by atoms with van der Waals surface area (Å²) in [4.78, 5) is 49.6. The summed E-state index contributed by atoms with van der Waals surface area (Å²) in [5, 5.41) is 19.2. The fourth-order valence-electron chi connectivity index (χ4n) is 4.74. The normalized spacial score (nSPS) is 13.7. The van der Waals surface area contributed by atoms with Crippen LogP contribution in [0, 0.1) is 11.8 Å². The molecule has 1 amide bonds. The number of thiophene rings is 1. The van der Waals surface area contributed by atoms with Crippen molar-refractivity contribution >= 4 is 56.7 Å². The second kappa shape index (κ2) is 14.2. The average Bonchev–Trinajstić information content (AvgIpc) is 3.61. The number of carbonyl (C=O) groups excluding carboxylic acids is 2. The second-order valence-electron chi connectivity index (χ2n) is 10.6. The molecule has 3 aromatic rings. The number of carbonyl (C=O) groups is 4. The van der Waals surface area contributed by atoms with Crippen molar-refractivity contribution in [3.05, 3.63) is 45.3 Å². The highest BCUT2D eigenvalue weighted by atomic mass is 35.5. The number of nitrogens with zero attached hydrogens (tertiary/aromatic N) is 1. The zero-order chi connectivity index (χ0) is 32.1. The molecule has 4 rings (SSSR count). The zero-order valence-electron chi connectivity index (χ0n) is 24.8. The van der Waals surface area contributed by atoms with E-state index >= 15 is 0 Å². The van der Waals surface area contributed by atoms with Crippen LogP contribution in [0.15, 0.2) is 24.3 Å². The van der Waals surface area contributed by atoms with Crippen molar-refractivity contribution < 1.29 is 48.3 Å². The Balaban J connectivity index is 1.37. The Morgan fingerprint density at radius 1 is 0.864 bits per heavy atom. The minimum atomic E-state index is -1.03. The van der Waals surface area contributed by atoms with E-state index in [0.29, 0.717) is 62.5 Å². The van der Waals surface area contributed by atoms with Gasteiger partial charge in [0, 0.05) is 48.5 Å². The van der Waals surface area contributed by atoms with Gasteiger partial charge in [0.1, 0.15) is 0 Å². The molecular weight excluding hydrogens is 614 g/mol. The predicted octanol–water partition coefficient (Wildman–Crippen LogP) is 5.67. The largest absolute Gasteiger partial charge is 0.493 e. The lowest BCUT2D eigenvalue weighted by Gasteiger charge is -2.16. The monoisotopic (exact) mass is 647 g/mol. The number of carboxylic acid groups (broad SMARTS) is 2. The van der Waals surface area contributed by atoms with Crippen LogP contribution < -0.4 is 18.9 Å². The van der Waals surface area contributed by atoms with Crippen molar-refractivity contribution in [3.63, 3.8) is 0 Å². The van der Waals surface area contributed by atoms with Crippen molar-refractivity contribution in [2.24, 2.45) is 11.8 Å². The molecule has 11 nitrogen and oxygen atoms in total. The molecule has 0 saturated heterocycles. The van der Waals surface area contributed by atoms with Crippen LogP contribution in [0.1, 0.15) is 53.9 Å². The molecule has 1 aliphatic heterocycles. The highest BCUT2D eigenvalue weighted by molar-refractivity contribution is 7.21. The maximum atomic E-state index is 12.6. The molecule has 13 heteroatoms. The minimum Gasteiger partial charge on any atom is -0.493 e. The standard InChI is InChI=1S/C31H34ClNO10S/c1-16(30(36)37)8-21(34)26-12-20-25(44-26)13-24(41-4)29(28(20)32)43-7-5-6-42-23-11-19-15-33(14-18(19)10-22(23)40-3)27(35)9-17(2)31(38)39/h10-13,16-17H,5-9,14-15H2,1-4H3,(H,36,37)(H,38,39)/t16-,17-/m0/s1. The van der Waals surface area contributed by atoms with Crippen LogP contribution in [0.4, 0.5) is 0 Å². The number of methoxy groups -OCH3 is 2. The van der Waals surface area contributed by atoms with Gasteiger partial charge in [0.25, 0.3) is 0 Å². The van der Waals surface area contributed by atoms with E-state index in [0.717, 1.165) is 11.1 Å². The highest BCUT2D eigenvalue weighted by Crippen LogP contribution is 2.44. The van der Waals surface area contributed by atoms with E-state index in [1.54, 1.807) is 17.0 Å². The molecule has 2 aromatic carbocycles. The molecule has 0 unspecified atom stereocenters. The Bertz CT molecular complexity index is 1590. The maximum absolute atomic E-state index is 12.6. The molecule has 2 atom stereocenters. The molecule has 2 heterocycles. The Kier molecular flexibility index (Phi) is 10.6. The van der Waals surface area contributed by atoms with Crippen LogP contribution in [-0.4, -0.2) is 66.2 Å². The third kappa shape index (κ3) is 7.36. The van der Waals surface area contributed by atoms with Gasteiger partial charge in [-0.25, -0.2) is 0 Å².